The molecule has 3 heterocycles. The van der Waals surface area contributed by atoms with E-state index >= 15 is 0 Å². The van der Waals surface area contributed by atoms with E-state index in [9.17, 15) is 9.18 Å². The second-order valence-electron chi connectivity index (χ2n) is 5.13. The van der Waals surface area contributed by atoms with Crippen molar-refractivity contribution >= 4 is 16.9 Å². The number of aromatic nitrogens is 2. The second kappa shape index (κ2) is 4.41. The van der Waals surface area contributed by atoms with E-state index < -0.39 is 0 Å². The monoisotopic (exact) mass is 281 g/mol. The van der Waals surface area contributed by atoms with Crippen molar-refractivity contribution in [3.8, 4) is 11.1 Å². The van der Waals surface area contributed by atoms with Crippen LogP contribution in [0.5, 0.6) is 0 Å². The van der Waals surface area contributed by atoms with Crippen LogP contribution in [0, 0.1) is 5.82 Å². The summed E-state index contributed by atoms with van der Waals surface area (Å²) in [4.78, 5) is 18.8. The van der Waals surface area contributed by atoms with Gasteiger partial charge in [0.25, 0.3) is 5.91 Å². The van der Waals surface area contributed by atoms with Crippen LogP contribution in [0.4, 0.5) is 4.39 Å². The third kappa shape index (κ3) is 1.89. The van der Waals surface area contributed by atoms with Gasteiger partial charge in [-0.1, -0.05) is 12.1 Å². The van der Waals surface area contributed by atoms with Gasteiger partial charge in [0.15, 0.2) is 0 Å². The van der Waals surface area contributed by atoms with E-state index in [0.29, 0.717) is 17.8 Å². The van der Waals surface area contributed by atoms with Crippen LogP contribution in [0.3, 0.4) is 0 Å². The summed E-state index contributed by atoms with van der Waals surface area (Å²) in [6.07, 6.45) is 3.82. The minimum atomic E-state index is -0.360. The number of hydrogen-bond donors (Lipinski definition) is 2. The molecule has 4 rings (SSSR count). The normalized spacial score (nSPS) is 14.0. The molecular formula is C16H12FN3O. The lowest BCUT2D eigenvalue weighted by Gasteiger charge is -2.17. The van der Waals surface area contributed by atoms with Crippen LogP contribution >= 0.6 is 0 Å². The highest BCUT2D eigenvalue weighted by Gasteiger charge is 2.17. The first-order valence-corrected chi connectivity index (χ1v) is 6.76. The van der Waals surface area contributed by atoms with E-state index in [1.54, 1.807) is 0 Å². The van der Waals surface area contributed by atoms with E-state index in [0.717, 1.165) is 28.5 Å². The van der Waals surface area contributed by atoms with Crippen LogP contribution < -0.4 is 5.32 Å². The number of nitrogens with one attached hydrogen (secondary N) is 2. The Morgan fingerprint density at radius 2 is 2.10 bits per heavy atom. The number of halogens is 1. The first kappa shape index (κ1) is 12.1. The van der Waals surface area contributed by atoms with Crippen molar-refractivity contribution in [1.29, 1.82) is 0 Å². The maximum atomic E-state index is 13.4. The van der Waals surface area contributed by atoms with Gasteiger partial charge in [-0.15, -0.1) is 0 Å². The summed E-state index contributed by atoms with van der Waals surface area (Å²) in [5.74, 6) is -0.393. The van der Waals surface area contributed by atoms with E-state index in [-0.39, 0.29) is 11.7 Å². The molecule has 0 aliphatic carbocycles. The molecule has 1 aliphatic rings. The zero-order valence-corrected chi connectivity index (χ0v) is 11.1. The fourth-order valence-electron chi connectivity index (χ4n) is 2.81. The zero-order valence-electron chi connectivity index (χ0n) is 11.1. The lowest BCUT2D eigenvalue weighted by Crippen LogP contribution is -2.31. The van der Waals surface area contributed by atoms with Gasteiger partial charge in [-0.05, 0) is 29.7 Å². The second-order valence-corrected chi connectivity index (χ2v) is 5.13. The number of amides is 1. The van der Waals surface area contributed by atoms with Crippen molar-refractivity contribution in [2.45, 2.75) is 6.42 Å². The Kier molecular flexibility index (Phi) is 2.54. The molecule has 1 aliphatic heterocycles. The number of carbonyl (C=O) groups excluding carboxylic acids is 1. The lowest BCUT2D eigenvalue weighted by atomic mass is 9.95. The first-order valence-electron chi connectivity index (χ1n) is 6.76. The number of carbonyl (C=O) groups is 1. The molecule has 5 heteroatoms. The van der Waals surface area contributed by atoms with Gasteiger partial charge in [-0.25, -0.2) is 9.37 Å². The van der Waals surface area contributed by atoms with Gasteiger partial charge in [-0.2, -0.15) is 0 Å². The Morgan fingerprint density at radius 1 is 1.19 bits per heavy atom. The summed E-state index contributed by atoms with van der Waals surface area (Å²) in [6.45, 7) is 0.652. The maximum Gasteiger partial charge on any atom is 0.251 e. The van der Waals surface area contributed by atoms with Gasteiger partial charge in [0.05, 0.1) is 6.20 Å². The Morgan fingerprint density at radius 3 is 3.00 bits per heavy atom. The molecule has 4 nitrogen and oxygen atoms in total. The fourth-order valence-corrected chi connectivity index (χ4v) is 2.81. The number of fused-ring (bicyclic) bond motifs is 2. The van der Waals surface area contributed by atoms with Gasteiger partial charge in [0, 0.05) is 29.3 Å². The van der Waals surface area contributed by atoms with Crippen molar-refractivity contribution in [3.05, 3.63) is 53.6 Å². The smallest absolute Gasteiger partial charge is 0.251 e. The van der Waals surface area contributed by atoms with Crippen molar-refractivity contribution < 1.29 is 9.18 Å². The molecule has 0 atom stereocenters. The highest BCUT2D eigenvalue weighted by atomic mass is 19.1. The van der Waals surface area contributed by atoms with Crippen molar-refractivity contribution in [2.75, 3.05) is 6.54 Å². The van der Waals surface area contributed by atoms with Crippen LogP contribution in [0.15, 0.2) is 36.7 Å². The van der Waals surface area contributed by atoms with Gasteiger partial charge in [0.2, 0.25) is 0 Å². The number of pyridine rings is 1. The maximum absolute atomic E-state index is 13.4. The standard InChI is InChI=1S/C16H12FN3O/c17-11-6-13-14(8-20-15(13)19-7-11)9-1-2-12-10(5-9)3-4-18-16(12)21/h1-2,5-8H,3-4H2,(H,18,21)(H,19,20). The van der Waals surface area contributed by atoms with Crippen LogP contribution in [-0.2, 0) is 6.42 Å². The van der Waals surface area contributed by atoms with E-state index in [4.69, 9.17) is 0 Å². The van der Waals surface area contributed by atoms with Crippen molar-refractivity contribution in [2.24, 2.45) is 0 Å². The van der Waals surface area contributed by atoms with Gasteiger partial charge >= 0.3 is 0 Å². The summed E-state index contributed by atoms with van der Waals surface area (Å²) in [5.41, 5.74) is 4.25. The molecule has 0 bridgehead atoms. The predicted molar refractivity (Wildman–Crippen MR) is 77.5 cm³/mol. The summed E-state index contributed by atoms with van der Waals surface area (Å²) in [7, 11) is 0. The van der Waals surface area contributed by atoms with Crippen LogP contribution in [0.25, 0.3) is 22.2 Å². The number of rotatable bonds is 1. The molecule has 3 aromatic rings. The average Bonchev–Trinajstić information content (AvgIpc) is 2.90. The topological polar surface area (TPSA) is 57.8 Å². The highest BCUT2D eigenvalue weighted by molar-refractivity contribution is 5.99. The molecule has 104 valence electrons. The third-order valence-electron chi connectivity index (χ3n) is 3.84. The number of hydrogen-bond acceptors (Lipinski definition) is 2. The van der Waals surface area contributed by atoms with Crippen molar-refractivity contribution in [3.63, 3.8) is 0 Å². The summed E-state index contributed by atoms with van der Waals surface area (Å²) < 4.78 is 13.4. The Balaban J connectivity index is 1.89. The number of benzene rings is 1. The zero-order chi connectivity index (χ0) is 14.4. The molecule has 1 amide bonds. The molecule has 0 spiro atoms. The van der Waals surface area contributed by atoms with Gasteiger partial charge in [-0.3, -0.25) is 4.79 Å². The Bertz CT molecular complexity index is 869. The van der Waals surface area contributed by atoms with E-state index in [1.807, 2.05) is 24.4 Å². The summed E-state index contributed by atoms with van der Waals surface area (Å²) in [5, 5.41) is 3.57. The summed E-state index contributed by atoms with van der Waals surface area (Å²) in [6, 6.07) is 7.18. The number of H-pyrrole nitrogens is 1. The average molecular weight is 281 g/mol. The first-order chi connectivity index (χ1) is 10.2. The van der Waals surface area contributed by atoms with E-state index in [1.165, 1.54) is 12.3 Å². The molecule has 0 radical (unpaired) electrons. The Labute approximate surface area is 120 Å². The molecular weight excluding hydrogens is 269 g/mol. The molecule has 1 aromatic carbocycles. The minimum Gasteiger partial charge on any atom is -0.352 e. The quantitative estimate of drug-likeness (QED) is 0.720. The lowest BCUT2D eigenvalue weighted by molar-refractivity contribution is 0.0946. The minimum absolute atomic E-state index is 0.0329. The van der Waals surface area contributed by atoms with Gasteiger partial charge in [0.1, 0.15) is 11.5 Å². The Hall–Kier alpha value is -2.69. The molecule has 0 fully saturated rings. The number of aromatic amines is 1. The summed E-state index contributed by atoms with van der Waals surface area (Å²) >= 11 is 0. The van der Waals surface area contributed by atoms with Crippen LogP contribution in [0.1, 0.15) is 15.9 Å². The van der Waals surface area contributed by atoms with Gasteiger partial charge < -0.3 is 10.3 Å². The highest BCUT2D eigenvalue weighted by Crippen LogP contribution is 2.30. The third-order valence-corrected chi connectivity index (χ3v) is 3.84. The molecule has 2 N–H and O–H groups in total. The van der Waals surface area contributed by atoms with E-state index in [2.05, 4.69) is 15.3 Å². The number of nitrogens with zero attached hydrogens (tertiary/aromatic N) is 1. The molecule has 0 unspecified atom stereocenters. The molecule has 0 saturated heterocycles. The SMILES string of the molecule is O=C1NCCc2cc(-c3c[nH]c4ncc(F)cc34)ccc21. The molecule has 2 aromatic heterocycles. The predicted octanol–water partition coefficient (Wildman–Crippen LogP) is 2.65. The van der Waals surface area contributed by atoms with Crippen LogP contribution in [0.2, 0.25) is 0 Å². The molecule has 21 heavy (non-hydrogen) atoms. The van der Waals surface area contributed by atoms with Crippen molar-refractivity contribution in [1.82, 2.24) is 15.3 Å². The fraction of sp³-hybridized carbons (Fsp3) is 0.125. The van der Waals surface area contributed by atoms with Crippen LogP contribution in [-0.4, -0.2) is 22.4 Å². The molecule has 0 saturated carbocycles. The largest absolute Gasteiger partial charge is 0.352 e.